The highest BCUT2D eigenvalue weighted by molar-refractivity contribution is 6.30. The van der Waals surface area contributed by atoms with Crippen LogP contribution < -0.4 is 9.47 Å². The molecule has 1 N–H and O–H groups in total. The van der Waals surface area contributed by atoms with Crippen molar-refractivity contribution in [3.05, 3.63) is 99.7 Å². The molecule has 0 bridgehead atoms. The minimum absolute atomic E-state index is 0.0893. The van der Waals surface area contributed by atoms with Gasteiger partial charge in [0, 0.05) is 22.7 Å². The van der Waals surface area contributed by atoms with Crippen molar-refractivity contribution < 1.29 is 14.3 Å². The number of amides is 1. The highest BCUT2D eigenvalue weighted by atomic mass is 35.5. The number of rotatable bonds is 8. The molecule has 1 aliphatic rings. The van der Waals surface area contributed by atoms with E-state index in [1.165, 1.54) is 5.56 Å². The monoisotopic (exact) mass is 501 g/mol. The zero-order valence-corrected chi connectivity index (χ0v) is 21.3. The number of H-pyrrole nitrogens is 1. The number of hydrogen-bond acceptors (Lipinski definition) is 4. The molecule has 1 aromatic heterocycles. The van der Waals surface area contributed by atoms with Crippen LogP contribution in [0.5, 0.6) is 11.5 Å². The van der Waals surface area contributed by atoms with Gasteiger partial charge < -0.3 is 14.4 Å². The van der Waals surface area contributed by atoms with Crippen LogP contribution >= 0.6 is 11.6 Å². The molecule has 1 unspecified atom stereocenters. The molecule has 0 spiro atoms. The van der Waals surface area contributed by atoms with Crippen molar-refractivity contribution in [1.82, 2.24) is 15.1 Å². The largest absolute Gasteiger partial charge is 0.493 e. The Morgan fingerprint density at radius 1 is 1.03 bits per heavy atom. The average Bonchev–Trinajstić information content (AvgIpc) is 3.43. The molecule has 1 aliphatic heterocycles. The van der Waals surface area contributed by atoms with Crippen molar-refractivity contribution in [3.63, 3.8) is 0 Å². The summed E-state index contributed by atoms with van der Waals surface area (Å²) >= 11 is 6.13. The Morgan fingerprint density at radius 2 is 1.78 bits per heavy atom. The molecule has 3 aromatic carbocycles. The van der Waals surface area contributed by atoms with E-state index in [9.17, 15) is 4.79 Å². The molecule has 1 atom stereocenters. The summed E-state index contributed by atoms with van der Waals surface area (Å²) in [5, 5.41) is 8.20. The van der Waals surface area contributed by atoms with Crippen LogP contribution in [0.25, 0.3) is 11.3 Å². The molecule has 36 heavy (non-hydrogen) atoms. The molecule has 4 aromatic rings. The summed E-state index contributed by atoms with van der Waals surface area (Å²) < 4.78 is 11.5. The average molecular weight is 502 g/mol. The van der Waals surface area contributed by atoms with Crippen LogP contribution in [0, 0.1) is 6.92 Å². The third kappa shape index (κ3) is 4.44. The van der Waals surface area contributed by atoms with Gasteiger partial charge in [-0.25, -0.2) is 0 Å². The first-order valence-electron chi connectivity index (χ1n) is 12.0. The lowest BCUT2D eigenvalue weighted by molar-refractivity contribution is 0.0730. The van der Waals surface area contributed by atoms with Crippen LogP contribution in [0.3, 0.4) is 0 Å². The molecule has 2 heterocycles. The minimum atomic E-state index is -0.354. The van der Waals surface area contributed by atoms with Crippen molar-refractivity contribution in [2.45, 2.75) is 32.9 Å². The predicted octanol–water partition coefficient (Wildman–Crippen LogP) is 6.58. The summed E-state index contributed by atoms with van der Waals surface area (Å²) in [6.07, 6.45) is 0.898. The van der Waals surface area contributed by atoms with Crippen molar-refractivity contribution in [2.24, 2.45) is 0 Å². The summed E-state index contributed by atoms with van der Waals surface area (Å²) in [7, 11) is 1.63. The number of fused-ring (bicyclic) bond motifs is 1. The van der Waals surface area contributed by atoms with Gasteiger partial charge in [-0.15, -0.1) is 0 Å². The Kier molecular flexibility index (Phi) is 6.70. The van der Waals surface area contributed by atoms with E-state index in [1.807, 2.05) is 47.4 Å². The quantitative estimate of drug-likeness (QED) is 0.296. The second-order valence-corrected chi connectivity index (χ2v) is 9.38. The van der Waals surface area contributed by atoms with Gasteiger partial charge in [-0.1, -0.05) is 66.6 Å². The normalized spacial score (nSPS) is 14.7. The standard InChI is InChI=1S/C29H28ClN3O3/c1-4-15-36-23-14-11-21(16-24(23)35-3)28-25-26(20-9-12-22(30)13-10-20)31-32-27(25)29(34)33(28)17-19-7-5-18(2)6-8-19/h5-14,16,28H,4,15,17H2,1-3H3,(H,31,32). The second kappa shape index (κ2) is 10.1. The molecule has 0 fully saturated rings. The Morgan fingerprint density at radius 3 is 2.47 bits per heavy atom. The maximum absolute atomic E-state index is 13.7. The molecule has 1 amide bonds. The first-order chi connectivity index (χ1) is 17.5. The van der Waals surface area contributed by atoms with Gasteiger partial charge >= 0.3 is 0 Å². The number of hydrogen-bond donors (Lipinski definition) is 1. The summed E-state index contributed by atoms with van der Waals surface area (Å²) in [6.45, 7) is 5.18. The molecular formula is C29H28ClN3O3. The zero-order valence-electron chi connectivity index (χ0n) is 20.5. The summed E-state index contributed by atoms with van der Waals surface area (Å²) in [6, 6.07) is 21.3. The molecular weight excluding hydrogens is 474 g/mol. The number of nitrogens with one attached hydrogen (secondary N) is 1. The fraction of sp³-hybridized carbons (Fsp3) is 0.241. The van der Waals surface area contributed by atoms with Crippen LogP contribution in [0.4, 0.5) is 0 Å². The van der Waals surface area contributed by atoms with E-state index in [1.54, 1.807) is 7.11 Å². The third-order valence-electron chi connectivity index (χ3n) is 6.42. The number of halogens is 1. The van der Waals surface area contributed by atoms with Crippen LogP contribution in [-0.4, -0.2) is 34.7 Å². The fourth-order valence-corrected chi connectivity index (χ4v) is 4.74. The van der Waals surface area contributed by atoms with E-state index in [0.29, 0.717) is 35.4 Å². The number of methoxy groups -OCH3 is 1. The number of carbonyl (C=O) groups excluding carboxylic acids is 1. The molecule has 0 saturated heterocycles. The molecule has 0 radical (unpaired) electrons. The molecule has 7 heteroatoms. The van der Waals surface area contributed by atoms with Crippen LogP contribution in [-0.2, 0) is 6.54 Å². The lowest BCUT2D eigenvalue weighted by Crippen LogP contribution is -2.29. The second-order valence-electron chi connectivity index (χ2n) is 8.95. The Bertz CT molecular complexity index is 1380. The summed E-state index contributed by atoms with van der Waals surface area (Å²) in [5.41, 5.74) is 6.13. The van der Waals surface area contributed by atoms with Crippen molar-refractivity contribution >= 4 is 17.5 Å². The van der Waals surface area contributed by atoms with Gasteiger partial charge in [0.15, 0.2) is 11.5 Å². The first kappa shape index (κ1) is 23.9. The number of nitrogens with zero attached hydrogens (tertiary/aromatic N) is 2. The zero-order chi connectivity index (χ0) is 25.2. The molecule has 5 rings (SSSR count). The maximum atomic E-state index is 13.7. The number of aromatic amines is 1. The van der Waals surface area contributed by atoms with Gasteiger partial charge in [-0.2, -0.15) is 5.10 Å². The molecule has 0 saturated carbocycles. The number of aromatic nitrogens is 2. The minimum Gasteiger partial charge on any atom is -0.493 e. The number of aryl methyl sites for hydroxylation is 1. The van der Waals surface area contributed by atoms with Gasteiger partial charge in [0.2, 0.25) is 0 Å². The SMILES string of the molecule is CCCOc1ccc(C2c3c(-c4ccc(Cl)cc4)n[nH]c3C(=O)N2Cc2ccc(C)cc2)cc1OC. The van der Waals surface area contributed by atoms with Gasteiger partial charge in [-0.05, 0) is 48.7 Å². The molecule has 184 valence electrons. The Balaban J connectivity index is 1.62. The van der Waals surface area contributed by atoms with Crippen molar-refractivity contribution in [1.29, 1.82) is 0 Å². The van der Waals surface area contributed by atoms with Gasteiger partial charge in [0.25, 0.3) is 5.91 Å². The predicted molar refractivity (Wildman–Crippen MR) is 141 cm³/mol. The van der Waals surface area contributed by atoms with Crippen molar-refractivity contribution in [3.8, 4) is 22.8 Å². The maximum Gasteiger partial charge on any atom is 0.273 e. The number of carbonyl (C=O) groups is 1. The Hall–Kier alpha value is -3.77. The van der Waals surface area contributed by atoms with E-state index in [-0.39, 0.29) is 11.9 Å². The van der Waals surface area contributed by atoms with Gasteiger partial charge in [0.1, 0.15) is 5.69 Å². The first-order valence-corrected chi connectivity index (χ1v) is 12.4. The van der Waals surface area contributed by atoms with Gasteiger partial charge in [0.05, 0.1) is 25.5 Å². The van der Waals surface area contributed by atoms with E-state index in [4.69, 9.17) is 21.1 Å². The van der Waals surface area contributed by atoms with Crippen LogP contribution in [0.1, 0.15) is 52.1 Å². The number of ether oxygens (including phenoxy) is 2. The molecule has 6 nitrogen and oxygen atoms in total. The van der Waals surface area contributed by atoms with Gasteiger partial charge in [-0.3, -0.25) is 9.89 Å². The highest BCUT2D eigenvalue weighted by Crippen LogP contribution is 2.45. The van der Waals surface area contributed by atoms with E-state index in [2.05, 4.69) is 48.3 Å². The number of benzene rings is 3. The summed E-state index contributed by atoms with van der Waals surface area (Å²) in [5.74, 6) is 1.23. The lowest BCUT2D eigenvalue weighted by atomic mass is 9.95. The third-order valence-corrected chi connectivity index (χ3v) is 6.67. The highest BCUT2D eigenvalue weighted by Gasteiger charge is 2.42. The summed E-state index contributed by atoms with van der Waals surface area (Å²) in [4.78, 5) is 15.6. The van der Waals surface area contributed by atoms with Crippen molar-refractivity contribution in [2.75, 3.05) is 13.7 Å². The smallest absolute Gasteiger partial charge is 0.273 e. The van der Waals surface area contributed by atoms with Crippen LogP contribution in [0.2, 0.25) is 5.02 Å². The molecule has 0 aliphatic carbocycles. The fourth-order valence-electron chi connectivity index (χ4n) is 4.61. The van der Waals surface area contributed by atoms with E-state index in [0.717, 1.165) is 34.4 Å². The van der Waals surface area contributed by atoms with E-state index >= 15 is 0 Å². The van der Waals surface area contributed by atoms with Crippen LogP contribution in [0.15, 0.2) is 66.7 Å². The topological polar surface area (TPSA) is 67.5 Å². The Labute approximate surface area is 215 Å². The van der Waals surface area contributed by atoms with E-state index < -0.39 is 0 Å². The lowest BCUT2D eigenvalue weighted by Gasteiger charge is -2.27.